The van der Waals surface area contributed by atoms with Crippen molar-refractivity contribution in [2.24, 2.45) is 11.7 Å². The molecule has 0 amide bonds. The van der Waals surface area contributed by atoms with Gasteiger partial charge in [0.2, 0.25) is 0 Å². The molecule has 1 saturated carbocycles. The maximum atomic E-state index is 6.17. The number of nitrogens with zero attached hydrogens (tertiary/aromatic N) is 1. The molecule has 2 fully saturated rings. The Kier molecular flexibility index (Phi) is 3.40. The van der Waals surface area contributed by atoms with Crippen LogP contribution in [0.3, 0.4) is 0 Å². The van der Waals surface area contributed by atoms with Gasteiger partial charge in [0, 0.05) is 19.1 Å². The molecular weight excluding hydrogens is 220 g/mol. The number of benzene rings is 1. The predicted molar refractivity (Wildman–Crippen MR) is 75.5 cm³/mol. The lowest BCUT2D eigenvalue weighted by atomic mass is 9.94. The van der Waals surface area contributed by atoms with Crippen LogP contribution in [-0.4, -0.2) is 24.0 Å². The van der Waals surface area contributed by atoms with Crippen molar-refractivity contribution in [2.75, 3.05) is 13.1 Å². The zero-order valence-electron chi connectivity index (χ0n) is 11.3. The van der Waals surface area contributed by atoms with Crippen LogP contribution in [0.25, 0.3) is 0 Å². The summed E-state index contributed by atoms with van der Waals surface area (Å²) in [5, 5.41) is 0. The lowest BCUT2D eigenvalue weighted by molar-refractivity contribution is 0.162. The number of nitrogens with two attached hydrogens (primary N) is 1. The standard InChI is InChI=1S/C16H24N2/c1-12-7-8-18(11-16(12)17)10-13-3-2-4-15(9-13)14-5-6-14/h2-4,9,12,14,16H,5-8,10-11,17H2,1H3. The fourth-order valence-electron chi connectivity index (χ4n) is 2.93. The first-order valence-electron chi connectivity index (χ1n) is 7.29. The maximum absolute atomic E-state index is 6.17. The molecule has 1 aromatic rings. The number of piperidine rings is 1. The fourth-order valence-corrected chi connectivity index (χ4v) is 2.93. The van der Waals surface area contributed by atoms with Gasteiger partial charge in [-0.05, 0) is 48.8 Å². The lowest BCUT2D eigenvalue weighted by Gasteiger charge is -2.35. The molecule has 1 heterocycles. The van der Waals surface area contributed by atoms with Gasteiger partial charge in [0.15, 0.2) is 0 Å². The van der Waals surface area contributed by atoms with Crippen LogP contribution in [-0.2, 0) is 6.54 Å². The molecule has 0 radical (unpaired) electrons. The van der Waals surface area contributed by atoms with Crippen molar-refractivity contribution in [1.82, 2.24) is 4.90 Å². The van der Waals surface area contributed by atoms with Crippen molar-refractivity contribution in [2.45, 2.75) is 44.7 Å². The molecule has 18 heavy (non-hydrogen) atoms. The van der Waals surface area contributed by atoms with E-state index < -0.39 is 0 Å². The van der Waals surface area contributed by atoms with Crippen molar-refractivity contribution < 1.29 is 0 Å². The average molecular weight is 244 g/mol. The predicted octanol–water partition coefficient (Wildman–Crippen LogP) is 2.73. The summed E-state index contributed by atoms with van der Waals surface area (Å²) in [6.07, 6.45) is 4.01. The molecule has 0 spiro atoms. The van der Waals surface area contributed by atoms with E-state index in [9.17, 15) is 0 Å². The zero-order valence-corrected chi connectivity index (χ0v) is 11.3. The van der Waals surface area contributed by atoms with E-state index in [1.54, 1.807) is 5.56 Å². The molecule has 98 valence electrons. The van der Waals surface area contributed by atoms with Gasteiger partial charge in [-0.2, -0.15) is 0 Å². The summed E-state index contributed by atoms with van der Waals surface area (Å²) in [4.78, 5) is 2.51. The third kappa shape index (κ3) is 2.76. The first kappa shape index (κ1) is 12.2. The van der Waals surface area contributed by atoms with E-state index in [0.717, 1.165) is 19.0 Å². The summed E-state index contributed by atoms with van der Waals surface area (Å²) in [5.74, 6) is 1.53. The first-order chi connectivity index (χ1) is 8.72. The normalized spacial score (nSPS) is 29.4. The van der Waals surface area contributed by atoms with Gasteiger partial charge in [-0.15, -0.1) is 0 Å². The van der Waals surface area contributed by atoms with Crippen LogP contribution in [0.4, 0.5) is 0 Å². The van der Waals surface area contributed by atoms with Crippen molar-refractivity contribution in [3.63, 3.8) is 0 Å². The highest BCUT2D eigenvalue weighted by Crippen LogP contribution is 2.40. The Balaban J connectivity index is 1.63. The third-order valence-corrected chi connectivity index (χ3v) is 4.51. The minimum absolute atomic E-state index is 0.352. The van der Waals surface area contributed by atoms with E-state index in [0.29, 0.717) is 12.0 Å². The van der Waals surface area contributed by atoms with Crippen LogP contribution in [0.1, 0.15) is 43.2 Å². The number of hydrogen-bond donors (Lipinski definition) is 1. The summed E-state index contributed by atoms with van der Waals surface area (Å²) in [6.45, 7) is 5.59. The first-order valence-corrected chi connectivity index (χ1v) is 7.29. The van der Waals surface area contributed by atoms with Gasteiger partial charge in [0.25, 0.3) is 0 Å². The van der Waals surface area contributed by atoms with Crippen LogP contribution < -0.4 is 5.73 Å². The molecule has 2 nitrogen and oxygen atoms in total. The highest BCUT2D eigenvalue weighted by atomic mass is 15.1. The van der Waals surface area contributed by atoms with E-state index in [-0.39, 0.29) is 0 Å². The zero-order chi connectivity index (χ0) is 12.5. The Morgan fingerprint density at radius 1 is 1.28 bits per heavy atom. The van der Waals surface area contributed by atoms with Gasteiger partial charge < -0.3 is 5.73 Å². The van der Waals surface area contributed by atoms with Crippen molar-refractivity contribution in [3.8, 4) is 0 Å². The van der Waals surface area contributed by atoms with E-state index in [1.807, 2.05) is 0 Å². The monoisotopic (exact) mass is 244 g/mol. The topological polar surface area (TPSA) is 29.3 Å². The fraction of sp³-hybridized carbons (Fsp3) is 0.625. The van der Waals surface area contributed by atoms with Crippen LogP contribution in [0.2, 0.25) is 0 Å². The van der Waals surface area contributed by atoms with Gasteiger partial charge in [0.1, 0.15) is 0 Å². The molecule has 0 aromatic heterocycles. The smallest absolute Gasteiger partial charge is 0.0234 e. The van der Waals surface area contributed by atoms with E-state index in [2.05, 4.69) is 36.1 Å². The molecule has 1 aliphatic carbocycles. The van der Waals surface area contributed by atoms with Crippen LogP contribution in [0.5, 0.6) is 0 Å². The molecule has 1 aliphatic heterocycles. The average Bonchev–Trinajstić information content (AvgIpc) is 3.18. The summed E-state index contributed by atoms with van der Waals surface area (Å²) in [7, 11) is 0. The number of likely N-dealkylation sites (tertiary alicyclic amines) is 1. The van der Waals surface area contributed by atoms with Crippen molar-refractivity contribution in [1.29, 1.82) is 0 Å². The Bertz CT molecular complexity index is 411. The highest BCUT2D eigenvalue weighted by Gasteiger charge is 2.25. The molecule has 2 atom stereocenters. The second-order valence-corrected chi connectivity index (χ2v) is 6.18. The Labute approximate surface area is 110 Å². The quantitative estimate of drug-likeness (QED) is 0.886. The molecule has 3 rings (SSSR count). The Hall–Kier alpha value is -0.860. The van der Waals surface area contributed by atoms with Gasteiger partial charge in [-0.3, -0.25) is 4.90 Å². The van der Waals surface area contributed by atoms with Gasteiger partial charge >= 0.3 is 0 Å². The van der Waals surface area contributed by atoms with E-state index >= 15 is 0 Å². The second kappa shape index (κ2) is 5.02. The minimum atomic E-state index is 0.352. The lowest BCUT2D eigenvalue weighted by Crippen LogP contribution is -2.47. The highest BCUT2D eigenvalue weighted by molar-refractivity contribution is 5.29. The van der Waals surface area contributed by atoms with Crippen LogP contribution in [0, 0.1) is 5.92 Å². The molecule has 2 unspecified atom stereocenters. The van der Waals surface area contributed by atoms with Gasteiger partial charge in [0.05, 0.1) is 0 Å². The summed E-state index contributed by atoms with van der Waals surface area (Å²) >= 11 is 0. The third-order valence-electron chi connectivity index (χ3n) is 4.51. The molecule has 2 N–H and O–H groups in total. The number of hydrogen-bond acceptors (Lipinski definition) is 2. The Morgan fingerprint density at radius 3 is 2.83 bits per heavy atom. The van der Waals surface area contributed by atoms with Crippen LogP contribution >= 0.6 is 0 Å². The van der Waals surface area contributed by atoms with Gasteiger partial charge in [-0.25, -0.2) is 0 Å². The van der Waals surface area contributed by atoms with Crippen LogP contribution in [0.15, 0.2) is 24.3 Å². The molecule has 1 aromatic carbocycles. The molecule has 1 saturated heterocycles. The maximum Gasteiger partial charge on any atom is 0.0234 e. The van der Waals surface area contributed by atoms with Crippen molar-refractivity contribution >= 4 is 0 Å². The SMILES string of the molecule is CC1CCN(Cc2cccc(C3CC3)c2)CC1N. The summed E-state index contributed by atoms with van der Waals surface area (Å²) < 4.78 is 0. The molecule has 2 aliphatic rings. The molecule has 2 heteroatoms. The van der Waals surface area contributed by atoms with Gasteiger partial charge in [-0.1, -0.05) is 31.2 Å². The van der Waals surface area contributed by atoms with E-state index in [1.165, 1.54) is 31.4 Å². The molecule has 0 bridgehead atoms. The second-order valence-electron chi connectivity index (χ2n) is 6.18. The van der Waals surface area contributed by atoms with E-state index in [4.69, 9.17) is 5.73 Å². The summed E-state index contributed by atoms with van der Waals surface area (Å²) in [5.41, 5.74) is 9.17. The minimum Gasteiger partial charge on any atom is -0.326 e. The molecular formula is C16H24N2. The largest absolute Gasteiger partial charge is 0.326 e. The summed E-state index contributed by atoms with van der Waals surface area (Å²) in [6, 6.07) is 9.52. The Morgan fingerprint density at radius 2 is 2.11 bits per heavy atom. The number of rotatable bonds is 3. The van der Waals surface area contributed by atoms with Crippen molar-refractivity contribution in [3.05, 3.63) is 35.4 Å².